The summed E-state index contributed by atoms with van der Waals surface area (Å²) in [6.07, 6.45) is 2.31. The Morgan fingerprint density at radius 1 is 1.15 bits per heavy atom. The average Bonchev–Trinajstić information content (AvgIpc) is 3.35. The molecule has 142 valence electrons. The number of benzene rings is 1. The first-order valence-electron chi connectivity index (χ1n) is 8.54. The lowest BCUT2D eigenvalue weighted by Crippen LogP contribution is -2.36. The molecule has 2 aromatic rings. The molecule has 1 aliphatic rings. The van der Waals surface area contributed by atoms with E-state index in [0.29, 0.717) is 18.0 Å². The molecule has 26 heavy (non-hydrogen) atoms. The number of thiophene rings is 1. The zero-order chi connectivity index (χ0) is 18.6. The van der Waals surface area contributed by atoms with Gasteiger partial charge in [0, 0.05) is 17.5 Å². The maximum Gasteiger partial charge on any atom is 0.240 e. The van der Waals surface area contributed by atoms with Crippen molar-refractivity contribution in [3.8, 4) is 11.5 Å². The molecule has 0 radical (unpaired) electrons. The fourth-order valence-corrected chi connectivity index (χ4v) is 5.11. The van der Waals surface area contributed by atoms with Gasteiger partial charge in [0.1, 0.15) is 0 Å². The van der Waals surface area contributed by atoms with Crippen LogP contribution in [0.1, 0.15) is 23.8 Å². The first-order valence-corrected chi connectivity index (χ1v) is 10.9. The van der Waals surface area contributed by atoms with Crippen molar-refractivity contribution < 1.29 is 17.9 Å². The molecule has 6 nitrogen and oxygen atoms in total. The Morgan fingerprint density at radius 3 is 2.50 bits per heavy atom. The summed E-state index contributed by atoms with van der Waals surface area (Å²) in [6, 6.07) is 8.75. The molecule has 1 saturated heterocycles. The van der Waals surface area contributed by atoms with E-state index < -0.39 is 10.0 Å². The number of nitrogens with zero attached hydrogens (tertiary/aromatic N) is 1. The van der Waals surface area contributed by atoms with Gasteiger partial charge in [0.25, 0.3) is 0 Å². The highest BCUT2D eigenvalue weighted by Crippen LogP contribution is 2.31. The second kappa shape index (κ2) is 8.39. The van der Waals surface area contributed by atoms with E-state index in [-0.39, 0.29) is 10.9 Å². The first-order chi connectivity index (χ1) is 12.5. The number of nitrogens with one attached hydrogen (secondary N) is 1. The van der Waals surface area contributed by atoms with Gasteiger partial charge in [0.05, 0.1) is 25.2 Å². The number of likely N-dealkylation sites (tertiary alicyclic amines) is 1. The summed E-state index contributed by atoms with van der Waals surface area (Å²) in [5, 5.41) is 2.03. The van der Waals surface area contributed by atoms with Crippen molar-refractivity contribution in [1.29, 1.82) is 0 Å². The van der Waals surface area contributed by atoms with Gasteiger partial charge >= 0.3 is 0 Å². The zero-order valence-corrected chi connectivity index (χ0v) is 16.6. The molecule has 1 aromatic carbocycles. The van der Waals surface area contributed by atoms with Gasteiger partial charge in [-0.1, -0.05) is 6.07 Å². The second-order valence-electron chi connectivity index (χ2n) is 6.14. The summed E-state index contributed by atoms with van der Waals surface area (Å²) in [6.45, 7) is 2.35. The minimum Gasteiger partial charge on any atom is -0.493 e. The second-order valence-corrected chi connectivity index (χ2v) is 8.89. The van der Waals surface area contributed by atoms with E-state index >= 15 is 0 Å². The minimum absolute atomic E-state index is 0.0624. The van der Waals surface area contributed by atoms with Crippen molar-refractivity contribution >= 4 is 21.4 Å². The number of hydrogen-bond acceptors (Lipinski definition) is 6. The molecule has 2 heterocycles. The van der Waals surface area contributed by atoms with Crippen LogP contribution in [0.4, 0.5) is 0 Å². The molecular formula is C18H24N2O4S2. The molecule has 1 aromatic heterocycles. The van der Waals surface area contributed by atoms with Gasteiger partial charge in [-0.05, 0) is 49.5 Å². The number of methoxy groups -OCH3 is 2. The predicted octanol–water partition coefficient (Wildman–Crippen LogP) is 2.88. The lowest BCUT2D eigenvalue weighted by Gasteiger charge is -2.26. The van der Waals surface area contributed by atoms with Crippen molar-refractivity contribution in [3.05, 3.63) is 40.6 Å². The molecule has 8 heteroatoms. The normalized spacial score (nSPS) is 16.5. The monoisotopic (exact) mass is 396 g/mol. The number of rotatable bonds is 8. The summed E-state index contributed by atoms with van der Waals surface area (Å²) in [7, 11) is -0.633. The van der Waals surface area contributed by atoms with Crippen LogP contribution in [0.5, 0.6) is 11.5 Å². The van der Waals surface area contributed by atoms with E-state index in [9.17, 15) is 8.42 Å². The molecule has 0 saturated carbocycles. The molecule has 1 atom stereocenters. The van der Waals surface area contributed by atoms with Gasteiger partial charge in [-0.3, -0.25) is 4.90 Å². The van der Waals surface area contributed by atoms with E-state index in [0.717, 1.165) is 25.9 Å². The predicted molar refractivity (Wildman–Crippen MR) is 103 cm³/mol. The third kappa shape index (κ3) is 4.20. The molecule has 1 aliphatic heterocycles. The summed E-state index contributed by atoms with van der Waals surface area (Å²) in [4.78, 5) is 3.70. The zero-order valence-electron chi connectivity index (χ0n) is 15.0. The Hall–Kier alpha value is -1.61. The van der Waals surface area contributed by atoms with Crippen LogP contribution in [0.25, 0.3) is 0 Å². The van der Waals surface area contributed by atoms with E-state index in [4.69, 9.17) is 9.47 Å². The Balaban J connectivity index is 1.77. The van der Waals surface area contributed by atoms with Crippen molar-refractivity contribution in [1.82, 2.24) is 9.62 Å². The molecule has 0 spiro atoms. The van der Waals surface area contributed by atoms with E-state index in [1.165, 1.54) is 31.2 Å². The lowest BCUT2D eigenvalue weighted by atomic mass is 10.2. The van der Waals surface area contributed by atoms with Crippen LogP contribution < -0.4 is 14.2 Å². The molecular weight excluding hydrogens is 372 g/mol. The first kappa shape index (κ1) is 19.2. The van der Waals surface area contributed by atoms with Gasteiger partial charge in [0.2, 0.25) is 10.0 Å². The standard InChI is InChI=1S/C18H24N2O4S2/c1-23-16-8-7-14(12-17(16)24-2)26(21,22)19-13-15(18-6-5-11-25-18)20-9-3-4-10-20/h5-8,11-12,15,19H,3-4,9-10,13H2,1-2H3. The van der Waals surface area contributed by atoms with Crippen LogP contribution in [0.2, 0.25) is 0 Å². The Labute approximate surface area is 158 Å². The van der Waals surface area contributed by atoms with Crippen LogP contribution >= 0.6 is 11.3 Å². The highest BCUT2D eigenvalue weighted by Gasteiger charge is 2.26. The van der Waals surface area contributed by atoms with Crippen molar-refractivity contribution in [2.45, 2.75) is 23.8 Å². The number of sulfonamides is 1. The van der Waals surface area contributed by atoms with Gasteiger partial charge in [-0.2, -0.15) is 0 Å². The van der Waals surface area contributed by atoms with Gasteiger partial charge in [-0.15, -0.1) is 11.3 Å². The lowest BCUT2D eigenvalue weighted by molar-refractivity contribution is 0.250. The summed E-state index contributed by atoms with van der Waals surface area (Å²) < 4.78 is 38.7. The van der Waals surface area contributed by atoms with Crippen LogP contribution in [-0.2, 0) is 10.0 Å². The fourth-order valence-electron chi connectivity index (χ4n) is 3.20. The Morgan fingerprint density at radius 2 is 1.88 bits per heavy atom. The van der Waals surface area contributed by atoms with Crippen LogP contribution in [0.15, 0.2) is 40.6 Å². The molecule has 0 aliphatic carbocycles. The van der Waals surface area contributed by atoms with Crippen LogP contribution in [0.3, 0.4) is 0 Å². The minimum atomic E-state index is -3.64. The maximum atomic E-state index is 12.8. The van der Waals surface area contributed by atoms with E-state index in [1.54, 1.807) is 17.4 Å². The van der Waals surface area contributed by atoms with E-state index in [2.05, 4.69) is 15.7 Å². The molecule has 1 unspecified atom stereocenters. The van der Waals surface area contributed by atoms with Crippen molar-refractivity contribution in [2.75, 3.05) is 33.9 Å². The summed E-state index contributed by atoms with van der Waals surface area (Å²) >= 11 is 1.66. The SMILES string of the molecule is COc1ccc(S(=O)(=O)NCC(c2cccs2)N2CCCC2)cc1OC. The van der Waals surface area contributed by atoms with Gasteiger partial charge in [0.15, 0.2) is 11.5 Å². The number of ether oxygens (including phenoxy) is 2. The highest BCUT2D eigenvalue weighted by atomic mass is 32.2. The van der Waals surface area contributed by atoms with Crippen LogP contribution in [-0.4, -0.2) is 47.2 Å². The third-order valence-corrected chi connectivity index (χ3v) is 6.98. The third-order valence-electron chi connectivity index (χ3n) is 4.59. The largest absolute Gasteiger partial charge is 0.493 e. The van der Waals surface area contributed by atoms with Crippen LogP contribution in [0, 0.1) is 0 Å². The molecule has 3 rings (SSSR count). The molecule has 0 amide bonds. The Kier molecular flexibility index (Phi) is 6.18. The maximum absolute atomic E-state index is 12.8. The number of hydrogen-bond donors (Lipinski definition) is 1. The summed E-state index contributed by atoms with van der Waals surface area (Å²) in [5.41, 5.74) is 0. The molecule has 1 fully saturated rings. The van der Waals surface area contributed by atoms with Gasteiger partial charge in [-0.25, -0.2) is 13.1 Å². The summed E-state index contributed by atoms with van der Waals surface area (Å²) in [5.74, 6) is 0.893. The Bertz CT molecular complexity index is 816. The quantitative estimate of drug-likeness (QED) is 0.743. The fraction of sp³-hybridized carbons (Fsp3) is 0.444. The average molecular weight is 397 g/mol. The molecule has 0 bridgehead atoms. The van der Waals surface area contributed by atoms with E-state index in [1.807, 2.05) is 11.4 Å². The van der Waals surface area contributed by atoms with Crippen molar-refractivity contribution in [2.24, 2.45) is 0 Å². The van der Waals surface area contributed by atoms with Crippen molar-refractivity contribution in [3.63, 3.8) is 0 Å². The smallest absolute Gasteiger partial charge is 0.240 e. The van der Waals surface area contributed by atoms with Gasteiger partial charge < -0.3 is 9.47 Å². The highest BCUT2D eigenvalue weighted by molar-refractivity contribution is 7.89. The topological polar surface area (TPSA) is 67.9 Å². The molecule has 1 N–H and O–H groups in total.